The predicted octanol–water partition coefficient (Wildman–Crippen LogP) is 3.76. The summed E-state index contributed by atoms with van der Waals surface area (Å²) >= 11 is 1.58. The van der Waals surface area contributed by atoms with Crippen molar-refractivity contribution in [2.45, 2.75) is 39.0 Å². The average molecular weight is 427 g/mol. The number of hydrogen-bond acceptors (Lipinski definition) is 6. The lowest BCUT2D eigenvalue weighted by molar-refractivity contribution is -0.120. The molecule has 158 valence electrons. The lowest BCUT2D eigenvalue weighted by Gasteiger charge is -2.07. The summed E-state index contributed by atoms with van der Waals surface area (Å²) in [6, 6.07) is 11.3. The van der Waals surface area contributed by atoms with E-state index in [-0.39, 0.29) is 18.2 Å². The Kier molecular flexibility index (Phi) is 8.14. The first-order valence-corrected chi connectivity index (χ1v) is 11.0. The molecule has 2 heterocycles. The van der Waals surface area contributed by atoms with Crippen molar-refractivity contribution < 1.29 is 14.1 Å². The van der Waals surface area contributed by atoms with E-state index >= 15 is 0 Å². The van der Waals surface area contributed by atoms with E-state index in [1.807, 2.05) is 42.6 Å². The summed E-state index contributed by atoms with van der Waals surface area (Å²) < 4.78 is 5.28. The molecule has 0 aliphatic carbocycles. The molecule has 2 aromatic heterocycles. The third-order valence-electron chi connectivity index (χ3n) is 4.52. The van der Waals surface area contributed by atoms with Crippen molar-refractivity contribution in [3.63, 3.8) is 0 Å². The Balaban J connectivity index is 1.23. The lowest BCUT2D eigenvalue weighted by Crippen LogP contribution is -2.31. The fourth-order valence-corrected chi connectivity index (χ4v) is 3.58. The number of carbonyl (C=O) groups is 2. The van der Waals surface area contributed by atoms with Crippen LogP contribution in [0.2, 0.25) is 0 Å². The number of rotatable bonds is 11. The number of aromatic nitrogens is 2. The summed E-state index contributed by atoms with van der Waals surface area (Å²) in [6.07, 6.45) is 3.77. The minimum absolute atomic E-state index is 0.0583. The summed E-state index contributed by atoms with van der Waals surface area (Å²) in [7, 11) is 0. The molecule has 0 spiro atoms. The zero-order chi connectivity index (χ0) is 21.2. The van der Waals surface area contributed by atoms with Gasteiger partial charge in [-0.05, 0) is 43.3 Å². The van der Waals surface area contributed by atoms with Gasteiger partial charge in [-0.15, -0.1) is 11.3 Å². The molecule has 0 aliphatic heterocycles. The molecule has 30 heavy (non-hydrogen) atoms. The monoisotopic (exact) mass is 426 g/mol. The second-order valence-corrected chi connectivity index (χ2v) is 7.97. The zero-order valence-corrected chi connectivity index (χ0v) is 17.8. The Labute approximate surface area is 179 Å². The van der Waals surface area contributed by atoms with Crippen LogP contribution in [0, 0.1) is 6.92 Å². The van der Waals surface area contributed by atoms with Crippen LogP contribution in [-0.4, -0.2) is 35.0 Å². The molecule has 7 nitrogen and oxygen atoms in total. The molecule has 0 fully saturated rings. The number of nitrogens with one attached hydrogen (secondary N) is 2. The van der Waals surface area contributed by atoms with Crippen molar-refractivity contribution in [1.82, 2.24) is 20.8 Å². The molecule has 0 atom stereocenters. The number of carbonyl (C=O) groups excluding carboxylic acids is 2. The first-order chi connectivity index (χ1) is 14.6. The Hall–Kier alpha value is -3.00. The van der Waals surface area contributed by atoms with E-state index in [0.717, 1.165) is 36.1 Å². The Morgan fingerprint density at radius 1 is 1.07 bits per heavy atom. The standard InChI is InChI=1S/C22H26N4O3S/c1-16-7-5-8-17(15-16)22(28)24-13-11-19(27)23-12-4-2-3-10-20-25-21(26-29-20)18-9-6-14-30-18/h5-9,14-15H,2-4,10-13H2,1H3,(H,23,27)(H,24,28). The second-order valence-electron chi connectivity index (χ2n) is 7.03. The van der Waals surface area contributed by atoms with Crippen molar-refractivity contribution >= 4 is 23.2 Å². The molecular formula is C22H26N4O3S. The van der Waals surface area contributed by atoms with Gasteiger partial charge in [-0.3, -0.25) is 9.59 Å². The maximum absolute atomic E-state index is 12.0. The van der Waals surface area contributed by atoms with Gasteiger partial charge in [-0.2, -0.15) is 4.98 Å². The quantitative estimate of drug-likeness (QED) is 0.455. The average Bonchev–Trinajstić information content (AvgIpc) is 3.42. The van der Waals surface area contributed by atoms with Gasteiger partial charge >= 0.3 is 0 Å². The molecule has 1 aromatic carbocycles. The highest BCUT2D eigenvalue weighted by Gasteiger charge is 2.09. The smallest absolute Gasteiger partial charge is 0.251 e. The van der Waals surface area contributed by atoms with Crippen LogP contribution in [0.5, 0.6) is 0 Å². The van der Waals surface area contributed by atoms with Crippen molar-refractivity contribution in [3.05, 3.63) is 58.8 Å². The van der Waals surface area contributed by atoms with Crippen LogP contribution in [0.25, 0.3) is 10.7 Å². The van der Waals surface area contributed by atoms with Crippen LogP contribution >= 0.6 is 11.3 Å². The van der Waals surface area contributed by atoms with Gasteiger partial charge in [0, 0.05) is 31.5 Å². The van der Waals surface area contributed by atoms with E-state index in [2.05, 4.69) is 20.8 Å². The van der Waals surface area contributed by atoms with Gasteiger partial charge in [0.1, 0.15) is 0 Å². The van der Waals surface area contributed by atoms with E-state index in [4.69, 9.17) is 4.52 Å². The van der Waals surface area contributed by atoms with Crippen molar-refractivity contribution in [2.75, 3.05) is 13.1 Å². The van der Waals surface area contributed by atoms with Crippen molar-refractivity contribution in [2.24, 2.45) is 0 Å². The minimum atomic E-state index is -0.158. The molecule has 0 saturated carbocycles. The van der Waals surface area contributed by atoms with Crippen LogP contribution < -0.4 is 10.6 Å². The summed E-state index contributed by atoms with van der Waals surface area (Å²) in [6.45, 7) is 2.88. The van der Waals surface area contributed by atoms with Gasteiger partial charge in [0.25, 0.3) is 5.91 Å². The maximum atomic E-state index is 12.0. The highest BCUT2D eigenvalue weighted by molar-refractivity contribution is 7.13. The Bertz CT molecular complexity index is 953. The fraction of sp³-hybridized carbons (Fsp3) is 0.364. The Morgan fingerprint density at radius 3 is 2.77 bits per heavy atom. The van der Waals surface area contributed by atoms with E-state index in [0.29, 0.717) is 30.4 Å². The summed E-state index contributed by atoms with van der Waals surface area (Å²) in [5, 5.41) is 11.6. The molecule has 0 radical (unpaired) electrons. The van der Waals surface area contributed by atoms with E-state index in [1.165, 1.54) is 0 Å². The zero-order valence-electron chi connectivity index (χ0n) is 17.0. The number of hydrogen-bond donors (Lipinski definition) is 2. The molecule has 3 aromatic rings. The van der Waals surface area contributed by atoms with E-state index in [9.17, 15) is 9.59 Å². The number of nitrogens with zero attached hydrogens (tertiary/aromatic N) is 2. The maximum Gasteiger partial charge on any atom is 0.251 e. The molecule has 2 amide bonds. The number of unbranched alkanes of at least 4 members (excludes halogenated alkanes) is 2. The fourth-order valence-electron chi connectivity index (χ4n) is 2.93. The first-order valence-electron chi connectivity index (χ1n) is 10.1. The minimum Gasteiger partial charge on any atom is -0.356 e. The summed E-state index contributed by atoms with van der Waals surface area (Å²) in [5.41, 5.74) is 1.64. The summed E-state index contributed by atoms with van der Waals surface area (Å²) in [4.78, 5) is 29.3. The molecule has 0 aliphatic rings. The predicted molar refractivity (Wildman–Crippen MR) is 116 cm³/mol. The largest absolute Gasteiger partial charge is 0.356 e. The number of thiophene rings is 1. The molecule has 2 N–H and O–H groups in total. The lowest BCUT2D eigenvalue weighted by atomic mass is 10.1. The number of aryl methyl sites for hydroxylation is 2. The van der Waals surface area contributed by atoms with Crippen LogP contribution in [-0.2, 0) is 11.2 Å². The number of benzene rings is 1. The highest BCUT2D eigenvalue weighted by Crippen LogP contribution is 2.21. The Morgan fingerprint density at radius 2 is 1.97 bits per heavy atom. The van der Waals surface area contributed by atoms with Gasteiger partial charge in [-0.25, -0.2) is 0 Å². The molecule has 8 heteroatoms. The molecule has 0 bridgehead atoms. The van der Waals surface area contributed by atoms with Crippen LogP contribution in [0.4, 0.5) is 0 Å². The highest BCUT2D eigenvalue weighted by atomic mass is 32.1. The third-order valence-corrected chi connectivity index (χ3v) is 5.38. The van der Waals surface area contributed by atoms with Gasteiger partial charge in [-0.1, -0.05) is 35.3 Å². The summed E-state index contributed by atoms with van der Waals surface area (Å²) in [5.74, 6) is 1.07. The molecule has 0 saturated heterocycles. The van der Waals surface area contributed by atoms with Crippen LogP contribution in [0.15, 0.2) is 46.3 Å². The SMILES string of the molecule is Cc1cccc(C(=O)NCCC(=O)NCCCCCc2nc(-c3cccs3)no2)c1. The van der Waals surface area contributed by atoms with Gasteiger partial charge in [0.15, 0.2) is 0 Å². The number of amides is 2. The van der Waals surface area contributed by atoms with E-state index in [1.54, 1.807) is 17.4 Å². The third kappa shape index (κ3) is 6.81. The van der Waals surface area contributed by atoms with Crippen LogP contribution in [0.1, 0.15) is 47.5 Å². The molecular weight excluding hydrogens is 400 g/mol. The van der Waals surface area contributed by atoms with E-state index < -0.39 is 0 Å². The normalized spacial score (nSPS) is 10.7. The molecule has 3 rings (SSSR count). The van der Waals surface area contributed by atoms with Crippen LogP contribution in [0.3, 0.4) is 0 Å². The van der Waals surface area contributed by atoms with Crippen molar-refractivity contribution in [1.29, 1.82) is 0 Å². The van der Waals surface area contributed by atoms with Gasteiger partial charge < -0.3 is 15.2 Å². The molecule has 0 unspecified atom stereocenters. The first kappa shape index (κ1) is 21.7. The second kappa shape index (κ2) is 11.3. The van der Waals surface area contributed by atoms with Gasteiger partial charge in [0.2, 0.25) is 17.6 Å². The topological polar surface area (TPSA) is 97.1 Å². The van der Waals surface area contributed by atoms with Gasteiger partial charge in [0.05, 0.1) is 4.88 Å². The van der Waals surface area contributed by atoms with Crippen molar-refractivity contribution in [3.8, 4) is 10.7 Å².